The van der Waals surface area contributed by atoms with Gasteiger partial charge in [0, 0.05) is 17.3 Å². The molecule has 1 aliphatic rings. The summed E-state index contributed by atoms with van der Waals surface area (Å²) in [5.74, 6) is 2.74. The number of hydrogen-bond acceptors (Lipinski definition) is 3. The molecule has 0 aromatic carbocycles. The SMILES string of the molecule is Cc1nc(C)c(C)c(NC2CCC(C)C2)n1. The lowest BCUT2D eigenvalue weighted by molar-refractivity contribution is 0.602. The summed E-state index contributed by atoms with van der Waals surface area (Å²) in [6.45, 7) is 8.42. The van der Waals surface area contributed by atoms with E-state index in [9.17, 15) is 0 Å². The zero-order chi connectivity index (χ0) is 11.7. The van der Waals surface area contributed by atoms with Crippen LogP contribution < -0.4 is 5.32 Å². The number of hydrogen-bond donors (Lipinski definition) is 1. The molecule has 0 radical (unpaired) electrons. The molecule has 1 N–H and O–H groups in total. The van der Waals surface area contributed by atoms with Gasteiger partial charge < -0.3 is 5.32 Å². The number of rotatable bonds is 2. The first-order valence-corrected chi connectivity index (χ1v) is 6.14. The van der Waals surface area contributed by atoms with Gasteiger partial charge in [0.1, 0.15) is 11.6 Å². The molecule has 1 heterocycles. The standard InChI is InChI=1S/C13H21N3/c1-8-5-6-12(7-8)16-13-9(2)10(3)14-11(4)15-13/h8,12H,5-7H2,1-4H3,(H,14,15,16). The Hall–Kier alpha value is -1.12. The Labute approximate surface area is 97.7 Å². The first kappa shape index (κ1) is 11.4. The molecule has 1 fully saturated rings. The van der Waals surface area contributed by atoms with Crippen LogP contribution in [0.15, 0.2) is 0 Å². The minimum atomic E-state index is 0.599. The maximum Gasteiger partial charge on any atom is 0.133 e. The van der Waals surface area contributed by atoms with Gasteiger partial charge in [0.15, 0.2) is 0 Å². The van der Waals surface area contributed by atoms with Gasteiger partial charge in [-0.25, -0.2) is 9.97 Å². The fourth-order valence-corrected chi connectivity index (χ4v) is 2.44. The predicted octanol–water partition coefficient (Wildman–Crippen LogP) is 3.00. The monoisotopic (exact) mass is 219 g/mol. The average molecular weight is 219 g/mol. The maximum atomic E-state index is 4.50. The van der Waals surface area contributed by atoms with Gasteiger partial charge in [0.2, 0.25) is 0 Å². The van der Waals surface area contributed by atoms with Crippen molar-refractivity contribution in [2.75, 3.05) is 5.32 Å². The van der Waals surface area contributed by atoms with Crippen molar-refractivity contribution in [1.82, 2.24) is 9.97 Å². The summed E-state index contributed by atoms with van der Waals surface area (Å²) in [5.41, 5.74) is 2.27. The van der Waals surface area contributed by atoms with Crippen molar-refractivity contribution in [2.45, 2.75) is 53.0 Å². The molecule has 2 atom stereocenters. The van der Waals surface area contributed by atoms with Crippen LogP contribution in [0.2, 0.25) is 0 Å². The van der Waals surface area contributed by atoms with Gasteiger partial charge in [0.25, 0.3) is 0 Å². The van der Waals surface area contributed by atoms with Crippen molar-refractivity contribution in [2.24, 2.45) is 5.92 Å². The predicted molar refractivity (Wildman–Crippen MR) is 66.7 cm³/mol. The Kier molecular flexibility index (Phi) is 3.13. The zero-order valence-corrected chi connectivity index (χ0v) is 10.7. The molecule has 1 saturated carbocycles. The van der Waals surface area contributed by atoms with Crippen LogP contribution in [0.1, 0.15) is 43.3 Å². The van der Waals surface area contributed by atoms with Crippen LogP contribution in [0, 0.1) is 26.7 Å². The third-order valence-corrected chi connectivity index (χ3v) is 3.54. The molecule has 1 aliphatic carbocycles. The molecule has 0 spiro atoms. The maximum absolute atomic E-state index is 4.50. The highest BCUT2D eigenvalue weighted by Gasteiger charge is 2.22. The normalized spacial score (nSPS) is 24.8. The molecule has 0 saturated heterocycles. The van der Waals surface area contributed by atoms with Crippen LogP contribution in [0.25, 0.3) is 0 Å². The minimum Gasteiger partial charge on any atom is -0.367 e. The summed E-state index contributed by atoms with van der Waals surface area (Å²) >= 11 is 0. The third kappa shape index (κ3) is 2.34. The molecule has 16 heavy (non-hydrogen) atoms. The highest BCUT2D eigenvalue weighted by atomic mass is 15.1. The Bertz CT molecular complexity index is 387. The van der Waals surface area contributed by atoms with Gasteiger partial charge in [-0.2, -0.15) is 0 Å². The third-order valence-electron chi connectivity index (χ3n) is 3.54. The molecule has 0 bridgehead atoms. The minimum absolute atomic E-state index is 0.599. The summed E-state index contributed by atoms with van der Waals surface area (Å²) in [6.07, 6.45) is 3.87. The molecule has 0 aliphatic heterocycles. The molecular formula is C13H21N3. The highest BCUT2D eigenvalue weighted by molar-refractivity contribution is 5.46. The van der Waals surface area contributed by atoms with Crippen molar-refractivity contribution in [3.05, 3.63) is 17.1 Å². The lowest BCUT2D eigenvalue weighted by Crippen LogP contribution is -2.18. The van der Waals surface area contributed by atoms with Gasteiger partial charge in [-0.15, -0.1) is 0 Å². The molecule has 0 amide bonds. The first-order valence-electron chi connectivity index (χ1n) is 6.14. The van der Waals surface area contributed by atoms with Gasteiger partial charge in [0.05, 0.1) is 0 Å². The highest BCUT2D eigenvalue weighted by Crippen LogP contribution is 2.28. The molecule has 2 unspecified atom stereocenters. The Morgan fingerprint density at radius 2 is 1.88 bits per heavy atom. The number of nitrogens with one attached hydrogen (secondary N) is 1. The Balaban J connectivity index is 2.15. The second-order valence-corrected chi connectivity index (χ2v) is 5.09. The number of anilines is 1. The molecule has 2 rings (SSSR count). The molecule has 1 aromatic heterocycles. The summed E-state index contributed by atoms with van der Waals surface area (Å²) < 4.78 is 0. The largest absolute Gasteiger partial charge is 0.367 e. The zero-order valence-electron chi connectivity index (χ0n) is 10.7. The van der Waals surface area contributed by atoms with Crippen molar-refractivity contribution in [1.29, 1.82) is 0 Å². The smallest absolute Gasteiger partial charge is 0.133 e. The number of aryl methyl sites for hydroxylation is 2. The average Bonchev–Trinajstić information content (AvgIpc) is 2.60. The van der Waals surface area contributed by atoms with E-state index in [2.05, 4.69) is 29.1 Å². The Morgan fingerprint density at radius 3 is 2.50 bits per heavy atom. The van der Waals surface area contributed by atoms with Crippen LogP contribution in [-0.4, -0.2) is 16.0 Å². The number of nitrogens with zero attached hydrogens (tertiary/aromatic N) is 2. The summed E-state index contributed by atoms with van der Waals surface area (Å²) in [4.78, 5) is 8.87. The van der Waals surface area contributed by atoms with E-state index in [4.69, 9.17) is 0 Å². The quantitative estimate of drug-likeness (QED) is 0.831. The molecule has 3 nitrogen and oxygen atoms in total. The second-order valence-electron chi connectivity index (χ2n) is 5.09. The molecule has 1 aromatic rings. The van der Waals surface area contributed by atoms with Gasteiger partial charge in [-0.05, 0) is 46.0 Å². The van der Waals surface area contributed by atoms with Crippen LogP contribution in [-0.2, 0) is 0 Å². The van der Waals surface area contributed by atoms with E-state index in [1.807, 2.05) is 13.8 Å². The Morgan fingerprint density at radius 1 is 1.12 bits per heavy atom. The van der Waals surface area contributed by atoms with E-state index in [1.54, 1.807) is 0 Å². The first-order chi connectivity index (χ1) is 7.56. The van der Waals surface area contributed by atoms with Crippen LogP contribution >= 0.6 is 0 Å². The lowest BCUT2D eigenvalue weighted by Gasteiger charge is -2.16. The van der Waals surface area contributed by atoms with E-state index < -0.39 is 0 Å². The second kappa shape index (κ2) is 4.40. The lowest BCUT2D eigenvalue weighted by atomic mass is 10.1. The topological polar surface area (TPSA) is 37.8 Å². The summed E-state index contributed by atoms with van der Waals surface area (Å²) in [7, 11) is 0. The van der Waals surface area contributed by atoms with Crippen LogP contribution in [0.3, 0.4) is 0 Å². The molecular weight excluding hydrogens is 198 g/mol. The fraction of sp³-hybridized carbons (Fsp3) is 0.692. The van der Waals surface area contributed by atoms with E-state index >= 15 is 0 Å². The summed E-state index contributed by atoms with van der Waals surface area (Å²) in [5, 5.41) is 3.57. The van der Waals surface area contributed by atoms with Crippen molar-refractivity contribution in [3.8, 4) is 0 Å². The van der Waals surface area contributed by atoms with Crippen LogP contribution in [0.5, 0.6) is 0 Å². The van der Waals surface area contributed by atoms with Crippen molar-refractivity contribution < 1.29 is 0 Å². The number of aromatic nitrogens is 2. The van der Waals surface area contributed by atoms with E-state index in [1.165, 1.54) is 24.8 Å². The van der Waals surface area contributed by atoms with Crippen molar-refractivity contribution in [3.63, 3.8) is 0 Å². The van der Waals surface area contributed by atoms with E-state index in [0.717, 1.165) is 23.3 Å². The van der Waals surface area contributed by atoms with Gasteiger partial charge in [-0.3, -0.25) is 0 Å². The van der Waals surface area contributed by atoms with Crippen LogP contribution in [0.4, 0.5) is 5.82 Å². The van der Waals surface area contributed by atoms with Gasteiger partial charge >= 0.3 is 0 Å². The van der Waals surface area contributed by atoms with E-state index in [0.29, 0.717) is 6.04 Å². The van der Waals surface area contributed by atoms with Crippen molar-refractivity contribution >= 4 is 5.82 Å². The van der Waals surface area contributed by atoms with E-state index in [-0.39, 0.29) is 0 Å². The van der Waals surface area contributed by atoms with Gasteiger partial charge in [-0.1, -0.05) is 6.92 Å². The molecule has 88 valence electrons. The summed E-state index contributed by atoms with van der Waals surface area (Å²) in [6, 6.07) is 0.599. The molecule has 3 heteroatoms. The fourth-order valence-electron chi connectivity index (χ4n) is 2.44.